The summed E-state index contributed by atoms with van der Waals surface area (Å²) in [5.41, 5.74) is 1.96. The van der Waals surface area contributed by atoms with E-state index in [-0.39, 0.29) is 5.69 Å². The van der Waals surface area contributed by atoms with Gasteiger partial charge in [-0.05, 0) is 24.1 Å². The van der Waals surface area contributed by atoms with Gasteiger partial charge in [0.2, 0.25) is 0 Å². The molecule has 0 spiro atoms. The number of hydrogen-bond donors (Lipinski definition) is 0. The maximum atomic E-state index is 12.2. The predicted octanol–water partition coefficient (Wildman–Crippen LogP) is 3.34. The van der Waals surface area contributed by atoms with Crippen LogP contribution < -0.4 is 0 Å². The number of Topliss-reactive ketones (excluding diaryl/α,β-unsaturated/α-hetero) is 1. The summed E-state index contributed by atoms with van der Waals surface area (Å²) < 4.78 is 1.55. The second kappa shape index (κ2) is 5.37. The molecule has 0 saturated carbocycles. The molecule has 22 heavy (non-hydrogen) atoms. The third-order valence-corrected chi connectivity index (χ3v) is 3.55. The molecule has 0 fully saturated rings. The minimum absolute atomic E-state index is 0.225. The molecule has 0 unspecified atom stereocenters. The number of nitrogens with zero attached hydrogens (tertiary/aromatic N) is 3. The van der Waals surface area contributed by atoms with E-state index in [1.54, 1.807) is 47.0 Å². The predicted molar refractivity (Wildman–Crippen MR) is 83.5 cm³/mol. The Balaban J connectivity index is 2.45. The van der Waals surface area contributed by atoms with E-state index < -0.39 is 5.78 Å². The molecule has 5 heteroatoms. The molecule has 2 heterocycles. The lowest BCUT2D eigenvalue weighted by molar-refractivity contribution is 0.105. The first-order chi connectivity index (χ1) is 10.7. The Labute approximate surface area is 131 Å². The van der Waals surface area contributed by atoms with Crippen molar-refractivity contribution < 1.29 is 4.79 Å². The quantitative estimate of drug-likeness (QED) is 0.414. The standard InChI is InChI=1S/C17H8ClN3O/c1-2-14(22)16-15(12-7-4-3-6-11(12)10-19)20-17-13(18)8-5-9-21(16)17/h1,3-9H. The average Bonchev–Trinajstić information content (AvgIpc) is 2.94. The summed E-state index contributed by atoms with van der Waals surface area (Å²) in [6.07, 6.45) is 6.94. The lowest BCUT2D eigenvalue weighted by atomic mass is 10.0. The Morgan fingerprint density at radius 3 is 2.77 bits per heavy atom. The van der Waals surface area contributed by atoms with Crippen molar-refractivity contribution in [1.29, 1.82) is 5.26 Å². The van der Waals surface area contributed by atoms with Crippen LogP contribution in [0.1, 0.15) is 16.1 Å². The van der Waals surface area contributed by atoms with Gasteiger partial charge < -0.3 is 0 Å². The van der Waals surface area contributed by atoms with Crippen molar-refractivity contribution in [2.75, 3.05) is 0 Å². The first-order valence-corrected chi connectivity index (χ1v) is 6.72. The fraction of sp³-hybridized carbons (Fsp3) is 0. The molecule has 0 N–H and O–H groups in total. The Bertz CT molecular complexity index is 989. The van der Waals surface area contributed by atoms with Gasteiger partial charge in [0.25, 0.3) is 5.78 Å². The fourth-order valence-electron chi connectivity index (χ4n) is 2.29. The second-order valence-corrected chi connectivity index (χ2v) is 4.90. The van der Waals surface area contributed by atoms with Crippen LogP contribution in [0.3, 0.4) is 0 Å². The molecular formula is C17H8ClN3O. The summed E-state index contributed by atoms with van der Waals surface area (Å²) in [6, 6.07) is 12.4. The van der Waals surface area contributed by atoms with Gasteiger partial charge in [0.05, 0.1) is 16.7 Å². The molecule has 0 aliphatic rings. The van der Waals surface area contributed by atoms with Crippen molar-refractivity contribution in [3.63, 3.8) is 0 Å². The highest BCUT2D eigenvalue weighted by Crippen LogP contribution is 2.29. The lowest BCUT2D eigenvalue weighted by Crippen LogP contribution is -2.03. The molecule has 0 amide bonds. The number of ketones is 1. The van der Waals surface area contributed by atoms with E-state index in [2.05, 4.69) is 17.0 Å². The van der Waals surface area contributed by atoms with Gasteiger partial charge in [0, 0.05) is 11.8 Å². The van der Waals surface area contributed by atoms with Gasteiger partial charge in [-0.1, -0.05) is 29.8 Å². The zero-order chi connectivity index (χ0) is 15.7. The lowest BCUT2D eigenvalue weighted by Gasteiger charge is -2.02. The number of halogens is 1. The number of imidazole rings is 1. The maximum absolute atomic E-state index is 12.2. The number of hydrogen-bond acceptors (Lipinski definition) is 3. The Morgan fingerprint density at radius 2 is 2.05 bits per heavy atom. The molecule has 3 aromatic rings. The van der Waals surface area contributed by atoms with Crippen molar-refractivity contribution in [3.8, 4) is 29.7 Å². The second-order valence-electron chi connectivity index (χ2n) is 4.49. The van der Waals surface area contributed by atoms with Crippen LogP contribution in [0.25, 0.3) is 16.9 Å². The van der Waals surface area contributed by atoms with Gasteiger partial charge in [0.1, 0.15) is 11.4 Å². The van der Waals surface area contributed by atoms with Crippen molar-refractivity contribution in [2.24, 2.45) is 0 Å². The zero-order valence-electron chi connectivity index (χ0n) is 11.2. The Hall–Kier alpha value is -3.08. The third kappa shape index (κ3) is 2.03. The van der Waals surface area contributed by atoms with Gasteiger partial charge in [0.15, 0.2) is 5.65 Å². The zero-order valence-corrected chi connectivity index (χ0v) is 12.0. The van der Waals surface area contributed by atoms with Crippen LogP contribution in [0.15, 0.2) is 42.6 Å². The number of fused-ring (bicyclic) bond motifs is 1. The summed E-state index contributed by atoms with van der Waals surface area (Å²) in [7, 11) is 0. The molecule has 0 atom stereocenters. The molecule has 2 aromatic heterocycles. The molecule has 0 radical (unpaired) electrons. The van der Waals surface area contributed by atoms with Crippen LogP contribution in [-0.4, -0.2) is 15.2 Å². The molecule has 3 rings (SSSR count). The monoisotopic (exact) mass is 305 g/mol. The van der Waals surface area contributed by atoms with Crippen LogP contribution in [0.4, 0.5) is 0 Å². The number of rotatable bonds is 2. The van der Waals surface area contributed by atoms with Crippen LogP contribution in [0.2, 0.25) is 5.02 Å². The van der Waals surface area contributed by atoms with E-state index in [0.29, 0.717) is 27.5 Å². The van der Waals surface area contributed by atoms with E-state index in [1.807, 2.05) is 0 Å². The molecule has 0 bridgehead atoms. The maximum Gasteiger partial charge on any atom is 0.254 e. The van der Waals surface area contributed by atoms with Gasteiger partial charge in [-0.3, -0.25) is 9.20 Å². The topological polar surface area (TPSA) is 58.2 Å². The third-order valence-electron chi connectivity index (χ3n) is 3.25. The average molecular weight is 306 g/mol. The minimum Gasteiger partial charge on any atom is -0.294 e. The highest BCUT2D eigenvalue weighted by molar-refractivity contribution is 6.33. The molecule has 104 valence electrons. The molecular weight excluding hydrogens is 298 g/mol. The number of carbonyl (C=O) groups excluding carboxylic acids is 1. The highest BCUT2D eigenvalue weighted by Gasteiger charge is 2.22. The number of aromatic nitrogens is 2. The summed E-state index contributed by atoms with van der Waals surface area (Å²) in [5, 5.41) is 9.66. The number of nitriles is 1. The van der Waals surface area contributed by atoms with E-state index in [1.165, 1.54) is 0 Å². The highest BCUT2D eigenvalue weighted by atomic mass is 35.5. The number of benzene rings is 1. The Kier molecular flexibility index (Phi) is 3.39. The number of carbonyl (C=O) groups is 1. The fourth-order valence-corrected chi connectivity index (χ4v) is 2.50. The molecule has 1 aromatic carbocycles. The molecule has 0 aliphatic carbocycles. The Morgan fingerprint density at radius 1 is 1.27 bits per heavy atom. The van der Waals surface area contributed by atoms with Crippen LogP contribution in [-0.2, 0) is 0 Å². The van der Waals surface area contributed by atoms with Crippen molar-refractivity contribution >= 4 is 23.0 Å². The summed E-state index contributed by atoms with van der Waals surface area (Å²) in [5.74, 6) is 1.58. The minimum atomic E-state index is -0.516. The first kappa shape index (κ1) is 13.9. The molecule has 0 saturated heterocycles. The van der Waals surface area contributed by atoms with Crippen molar-refractivity contribution in [3.05, 3.63) is 58.9 Å². The number of pyridine rings is 1. The molecule has 4 nitrogen and oxygen atoms in total. The van der Waals surface area contributed by atoms with Gasteiger partial charge >= 0.3 is 0 Å². The van der Waals surface area contributed by atoms with E-state index in [4.69, 9.17) is 18.0 Å². The van der Waals surface area contributed by atoms with Crippen LogP contribution in [0.5, 0.6) is 0 Å². The number of terminal acetylenes is 1. The smallest absolute Gasteiger partial charge is 0.254 e. The SMILES string of the molecule is C#CC(=O)c1c(-c2ccccc2C#N)nc2c(Cl)cccn12. The van der Waals surface area contributed by atoms with Crippen LogP contribution in [0, 0.1) is 23.7 Å². The summed E-state index contributed by atoms with van der Waals surface area (Å²) in [6.45, 7) is 0. The van der Waals surface area contributed by atoms with Gasteiger partial charge in [-0.15, -0.1) is 6.42 Å². The summed E-state index contributed by atoms with van der Waals surface area (Å²) in [4.78, 5) is 16.6. The van der Waals surface area contributed by atoms with E-state index in [9.17, 15) is 10.1 Å². The van der Waals surface area contributed by atoms with Crippen molar-refractivity contribution in [2.45, 2.75) is 0 Å². The van der Waals surface area contributed by atoms with Crippen LogP contribution >= 0.6 is 11.6 Å². The largest absolute Gasteiger partial charge is 0.294 e. The van der Waals surface area contributed by atoms with Gasteiger partial charge in [-0.25, -0.2) is 4.98 Å². The van der Waals surface area contributed by atoms with Gasteiger partial charge in [-0.2, -0.15) is 5.26 Å². The molecule has 0 aliphatic heterocycles. The first-order valence-electron chi connectivity index (χ1n) is 6.34. The van der Waals surface area contributed by atoms with E-state index in [0.717, 1.165) is 0 Å². The van der Waals surface area contributed by atoms with E-state index >= 15 is 0 Å². The summed E-state index contributed by atoms with van der Waals surface area (Å²) >= 11 is 6.14. The normalized spacial score (nSPS) is 10.1. The van der Waals surface area contributed by atoms with Crippen molar-refractivity contribution in [1.82, 2.24) is 9.38 Å².